The van der Waals surface area contributed by atoms with E-state index in [0.29, 0.717) is 0 Å². The number of rotatable bonds is 3. The van der Waals surface area contributed by atoms with E-state index in [9.17, 15) is 14.9 Å². The summed E-state index contributed by atoms with van der Waals surface area (Å²) in [4.78, 5) is 25.2. The lowest BCUT2D eigenvalue weighted by molar-refractivity contribution is -0.384. The second kappa shape index (κ2) is 5.73. The molecule has 0 fully saturated rings. The molecule has 2 aromatic carbocycles. The Hall–Kier alpha value is -3.15. The third kappa shape index (κ3) is 2.55. The Morgan fingerprint density at radius 2 is 2.04 bits per heavy atom. The van der Waals surface area contributed by atoms with Crippen LogP contribution in [0.15, 0.2) is 54.7 Å². The minimum Gasteiger partial charge on any atom is -0.338 e. The summed E-state index contributed by atoms with van der Waals surface area (Å²) in [6.07, 6.45) is 2.67. The van der Waals surface area contributed by atoms with Crippen LogP contribution in [0.1, 0.15) is 12.5 Å². The Balaban J connectivity index is 1.63. The van der Waals surface area contributed by atoms with Crippen molar-refractivity contribution in [2.24, 2.45) is 0 Å². The quantitative estimate of drug-likeness (QED) is 0.543. The second-order valence-electron chi connectivity index (χ2n) is 6.39. The van der Waals surface area contributed by atoms with Crippen LogP contribution in [-0.4, -0.2) is 21.4 Å². The van der Waals surface area contributed by atoms with Crippen molar-refractivity contribution >= 4 is 28.2 Å². The molecule has 0 N–H and O–H groups in total. The van der Waals surface area contributed by atoms with E-state index in [1.807, 2.05) is 27.7 Å². The van der Waals surface area contributed by atoms with Crippen molar-refractivity contribution in [2.45, 2.75) is 25.9 Å². The van der Waals surface area contributed by atoms with E-state index < -0.39 is 4.92 Å². The van der Waals surface area contributed by atoms with Gasteiger partial charge in [0.25, 0.3) is 5.69 Å². The van der Waals surface area contributed by atoms with Crippen molar-refractivity contribution in [1.29, 1.82) is 0 Å². The third-order valence-corrected chi connectivity index (χ3v) is 4.75. The van der Waals surface area contributed by atoms with Gasteiger partial charge in [-0.2, -0.15) is 0 Å². The van der Waals surface area contributed by atoms with Gasteiger partial charge in [-0.25, -0.2) is 0 Å². The summed E-state index contributed by atoms with van der Waals surface area (Å²) in [5.41, 5.74) is 3.04. The Bertz CT molecular complexity index is 992. The topological polar surface area (TPSA) is 68.4 Å². The molecule has 1 aliphatic rings. The van der Waals surface area contributed by atoms with Gasteiger partial charge in [-0.1, -0.05) is 18.2 Å². The fraction of sp³-hybridized carbons (Fsp3) is 0.211. The molecule has 0 radical (unpaired) electrons. The molecule has 1 aromatic heterocycles. The summed E-state index contributed by atoms with van der Waals surface area (Å²) < 4.78 is 1.84. The van der Waals surface area contributed by atoms with Crippen LogP contribution in [0.25, 0.3) is 10.9 Å². The molecule has 6 nitrogen and oxygen atoms in total. The molecule has 0 bridgehead atoms. The van der Waals surface area contributed by atoms with Gasteiger partial charge in [0.05, 0.1) is 4.92 Å². The molecule has 0 saturated carbocycles. The highest BCUT2D eigenvalue weighted by molar-refractivity contribution is 5.97. The Morgan fingerprint density at radius 1 is 1.24 bits per heavy atom. The molecule has 1 atom stereocenters. The molecule has 0 aliphatic carbocycles. The van der Waals surface area contributed by atoms with Gasteiger partial charge in [-0.15, -0.1) is 0 Å². The standard InChI is InChI=1S/C19H17N3O3/c1-13-10-14-4-2-3-5-18(14)21(13)19(23)12-20-9-8-15-11-16(22(24)25)6-7-17(15)20/h2-9,11,13H,10,12H2,1H3. The summed E-state index contributed by atoms with van der Waals surface area (Å²) in [6.45, 7) is 2.26. The zero-order valence-corrected chi connectivity index (χ0v) is 13.8. The van der Waals surface area contributed by atoms with Gasteiger partial charge in [0.1, 0.15) is 6.54 Å². The average Bonchev–Trinajstić information content (AvgIpc) is 3.14. The number of carbonyl (C=O) groups is 1. The van der Waals surface area contributed by atoms with Gasteiger partial charge < -0.3 is 9.47 Å². The van der Waals surface area contributed by atoms with Gasteiger partial charge in [-0.3, -0.25) is 14.9 Å². The Morgan fingerprint density at radius 3 is 2.84 bits per heavy atom. The molecule has 1 unspecified atom stereocenters. The van der Waals surface area contributed by atoms with E-state index in [1.54, 1.807) is 18.3 Å². The van der Waals surface area contributed by atoms with Crippen LogP contribution in [-0.2, 0) is 17.8 Å². The van der Waals surface area contributed by atoms with Gasteiger partial charge in [0.15, 0.2) is 0 Å². The van der Waals surface area contributed by atoms with E-state index in [-0.39, 0.29) is 24.2 Å². The zero-order chi connectivity index (χ0) is 17.6. The van der Waals surface area contributed by atoms with Crippen LogP contribution in [0.4, 0.5) is 11.4 Å². The predicted molar refractivity (Wildman–Crippen MR) is 95.7 cm³/mol. The maximum Gasteiger partial charge on any atom is 0.270 e. The number of aromatic nitrogens is 1. The minimum absolute atomic E-state index is 0.0216. The number of carbonyl (C=O) groups excluding carboxylic acids is 1. The summed E-state index contributed by atoms with van der Waals surface area (Å²) in [6, 6.07) is 14.6. The summed E-state index contributed by atoms with van der Waals surface area (Å²) >= 11 is 0. The first-order chi connectivity index (χ1) is 12.0. The van der Waals surface area contributed by atoms with E-state index in [0.717, 1.165) is 23.0 Å². The highest BCUT2D eigenvalue weighted by Crippen LogP contribution is 2.32. The number of hydrogen-bond acceptors (Lipinski definition) is 3. The highest BCUT2D eigenvalue weighted by Gasteiger charge is 2.30. The molecule has 0 spiro atoms. The summed E-state index contributed by atoms with van der Waals surface area (Å²) in [5.74, 6) is 0.0216. The number of hydrogen-bond donors (Lipinski definition) is 0. The summed E-state index contributed by atoms with van der Waals surface area (Å²) in [5, 5.41) is 11.7. The van der Waals surface area contributed by atoms with E-state index in [4.69, 9.17) is 0 Å². The smallest absolute Gasteiger partial charge is 0.270 e. The van der Waals surface area contributed by atoms with Gasteiger partial charge in [-0.05, 0) is 37.1 Å². The molecule has 1 aliphatic heterocycles. The summed E-state index contributed by atoms with van der Waals surface area (Å²) in [7, 11) is 0. The van der Waals surface area contributed by atoms with Crippen LogP contribution >= 0.6 is 0 Å². The SMILES string of the molecule is CC1Cc2ccccc2N1C(=O)Cn1ccc2cc([N+](=O)[O-])ccc21. The number of benzene rings is 2. The van der Waals surface area contributed by atoms with E-state index in [1.165, 1.54) is 17.7 Å². The van der Waals surface area contributed by atoms with Crippen molar-refractivity contribution in [3.05, 3.63) is 70.4 Å². The van der Waals surface area contributed by atoms with E-state index in [2.05, 4.69) is 13.0 Å². The molecule has 6 heteroatoms. The molecular formula is C19H17N3O3. The Kier molecular flexibility index (Phi) is 3.53. The maximum atomic E-state index is 12.9. The molecule has 25 heavy (non-hydrogen) atoms. The minimum atomic E-state index is -0.412. The lowest BCUT2D eigenvalue weighted by Crippen LogP contribution is -2.37. The van der Waals surface area contributed by atoms with Crippen molar-refractivity contribution < 1.29 is 9.72 Å². The largest absolute Gasteiger partial charge is 0.338 e. The number of anilines is 1. The number of nitrogens with zero attached hydrogens (tertiary/aromatic N) is 3. The first-order valence-electron chi connectivity index (χ1n) is 8.18. The maximum absolute atomic E-state index is 12.9. The van der Waals surface area contributed by atoms with Crippen molar-refractivity contribution in [1.82, 2.24) is 4.57 Å². The number of nitro benzene ring substituents is 1. The number of fused-ring (bicyclic) bond motifs is 2. The predicted octanol–water partition coefficient (Wildman–Crippen LogP) is 3.53. The van der Waals surface area contributed by atoms with E-state index >= 15 is 0 Å². The first-order valence-corrected chi connectivity index (χ1v) is 8.18. The number of amides is 1. The van der Waals surface area contributed by atoms with Crippen LogP contribution in [0.5, 0.6) is 0 Å². The lowest BCUT2D eigenvalue weighted by Gasteiger charge is -2.23. The molecule has 0 saturated heterocycles. The molecule has 4 rings (SSSR count). The van der Waals surface area contributed by atoms with Crippen LogP contribution in [0.3, 0.4) is 0 Å². The molecule has 126 valence electrons. The molecule has 2 heterocycles. The molecule has 3 aromatic rings. The van der Waals surface area contributed by atoms with Gasteiger partial charge >= 0.3 is 0 Å². The monoisotopic (exact) mass is 335 g/mol. The normalized spacial score (nSPS) is 16.2. The Labute approximate surface area is 144 Å². The number of non-ortho nitro benzene ring substituents is 1. The van der Waals surface area contributed by atoms with Gasteiger partial charge in [0.2, 0.25) is 5.91 Å². The van der Waals surface area contributed by atoms with Crippen molar-refractivity contribution in [2.75, 3.05) is 4.90 Å². The zero-order valence-electron chi connectivity index (χ0n) is 13.8. The average molecular weight is 335 g/mol. The fourth-order valence-electron chi connectivity index (χ4n) is 3.61. The van der Waals surface area contributed by atoms with Crippen LogP contribution < -0.4 is 4.90 Å². The van der Waals surface area contributed by atoms with Crippen molar-refractivity contribution in [3.63, 3.8) is 0 Å². The lowest BCUT2D eigenvalue weighted by atomic mass is 10.1. The van der Waals surface area contributed by atoms with Gasteiger partial charge in [0, 0.05) is 41.0 Å². The van der Waals surface area contributed by atoms with Crippen LogP contribution in [0.2, 0.25) is 0 Å². The fourth-order valence-corrected chi connectivity index (χ4v) is 3.61. The molecule has 1 amide bonds. The third-order valence-electron chi connectivity index (χ3n) is 4.75. The molecular weight excluding hydrogens is 318 g/mol. The number of nitro groups is 1. The highest BCUT2D eigenvalue weighted by atomic mass is 16.6. The van der Waals surface area contributed by atoms with Crippen molar-refractivity contribution in [3.8, 4) is 0 Å². The number of para-hydroxylation sites is 1. The van der Waals surface area contributed by atoms with Crippen LogP contribution in [0, 0.1) is 10.1 Å². The first kappa shape index (κ1) is 15.4. The second-order valence-corrected chi connectivity index (χ2v) is 6.39.